The second-order valence-corrected chi connectivity index (χ2v) is 8.01. The molecule has 0 saturated carbocycles. The number of aromatic nitrogens is 1. The van der Waals surface area contributed by atoms with Gasteiger partial charge in [0.05, 0.1) is 4.90 Å². The minimum atomic E-state index is -3.51. The van der Waals surface area contributed by atoms with Gasteiger partial charge in [-0.2, -0.15) is 0 Å². The second kappa shape index (κ2) is 7.86. The molecule has 2 aromatic rings. The van der Waals surface area contributed by atoms with E-state index in [1.54, 1.807) is 30.6 Å². The van der Waals surface area contributed by atoms with Crippen molar-refractivity contribution < 1.29 is 8.42 Å². The second-order valence-electron chi connectivity index (χ2n) is 6.29. The smallest absolute Gasteiger partial charge is 0.240 e. The van der Waals surface area contributed by atoms with Crippen LogP contribution in [-0.2, 0) is 10.0 Å². The Morgan fingerprint density at radius 2 is 1.91 bits per heavy atom. The van der Waals surface area contributed by atoms with Gasteiger partial charge in [0.2, 0.25) is 10.0 Å². The maximum absolute atomic E-state index is 12.5. The third kappa shape index (κ3) is 5.27. The average Bonchev–Trinajstić information content (AvgIpc) is 2.50. The van der Waals surface area contributed by atoms with Crippen molar-refractivity contribution in [3.8, 4) is 0 Å². The van der Waals surface area contributed by atoms with Crippen LogP contribution in [0, 0.1) is 5.92 Å². The van der Waals surface area contributed by atoms with Crippen LogP contribution in [0.3, 0.4) is 0 Å². The molecule has 0 radical (unpaired) electrons. The quantitative estimate of drug-likeness (QED) is 0.727. The number of sulfonamides is 1. The van der Waals surface area contributed by atoms with Crippen LogP contribution in [0.1, 0.15) is 27.2 Å². The van der Waals surface area contributed by atoms with E-state index in [0.29, 0.717) is 12.5 Å². The molecule has 0 amide bonds. The molecule has 0 fully saturated rings. The molecule has 1 unspecified atom stereocenters. The molecule has 2 rings (SSSR count). The molecule has 1 heterocycles. The monoisotopic (exact) mass is 335 g/mol. The lowest BCUT2D eigenvalue weighted by molar-refractivity contribution is 0.501. The molecular weight excluding hydrogens is 310 g/mol. The Morgan fingerprint density at radius 1 is 1.13 bits per heavy atom. The van der Waals surface area contributed by atoms with Crippen LogP contribution in [0.2, 0.25) is 0 Å². The van der Waals surface area contributed by atoms with Gasteiger partial charge >= 0.3 is 0 Å². The molecule has 0 aliphatic heterocycles. The molecule has 6 heteroatoms. The fourth-order valence-corrected chi connectivity index (χ4v) is 3.59. The van der Waals surface area contributed by atoms with E-state index in [2.05, 4.69) is 28.9 Å². The molecule has 126 valence electrons. The molecular formula is C17H25N3O2S. The molecule has 0 bridgehead atoms. The number of fused-ring (bicyclic) bond motifs is 1. The Morgan fingerprint density at radius 3 is 2.65 bits per heavy atom. The Labute approximate surface area is 138 Å². The first kappa shape index (κ1) is 17.8. The van der Waals surface area contributed by atoms with Gasteiger partial charge in [0.25, 0.3) is 0 Å². The van der Waals surface area contributed by atoms with E-state index in [1.807, 2.05) is 13.0 Å². The number of hydrogen-bond acceptors (Lipinski definition) is 4. The highest BCUT2D eigenvalue weighted by Gasteiger charge is 2.17. The van der Waals surface area contributed by atoms with E-state index in [4.69, 9.17) is 0 Å². The van der Waals surface area contributed by atoms with E-state index in [0.717, 1.165) is 23.7 Å². The SMILES string of the molecule is CC(C)CCNCC(C)NS(=O)(=O)c1ccc2cnccc2c1. The van der Waals surface area contributed by atoms with E-state index >= 15 is 0 Å². The average molecular weight is 335 g/mol. The van der Waals surface area contributed by atoms with Crippen molar-refractivity contribution in [1.82, 2.24) is 15.0 Å². The topological polar surface area (TPSA) is 71.1 Å². The summed E-state index contributed by atoms with van der Waals surface area (Å²) in [5.74, 6) is 0.640. The Hall–Kier alpha value is -1.50. The van der Waals surface area contributed by atoms with Gasteiger partial charge in [0.15, 0.2) is 0 Å². The van der Waals surface area contributed by atoms with Crippen molar-refractivity contribution in [2.45, 2.75) is 38.1 Å². The molecule has 0 aliphatic rings. The van der Waals surface area contributed by atoms with Crippen LogP contribution >= 0.6 is 0 Å². The normalized spacial score (nSPS) is 13.6. The molecule has 0 aliphatic carbocycles. The molecule has 5 nitrogen and oxygen atoms in total. The fourth-order valence-electron chi connectivity index (χ4n) is 2.31. The highest BCUT2D eigenvalue weighted by molar-refractivity contribution is 7.89. The third-order valence-corrected chi connectivity index (χ3v) is 5.21. The number of pyridine rings is 1. The first-order valence-corrected chi connectivity index (χ1v) is 9.43. The van der Waals surface area contributed by atoms with Gasteiger partial charge in [0, 0.05) is 30.4 Å². The minimum Gasteiger partial charge on any atom is -0.315 e. The summed E-state index contributed by atoms with van der Waals surface area (Å²) in [4.78, 5) is 4.32. The van der Waals surface area contributed by atoms with Crippen molar-refractivity contribution >= 4 is 20.8 Å². The lowest BCUT2D eigenvalue weighted by Crippen LogP contribution is -2.40. The van der Waals surface area contributed by atoms with Crippen LogP contribution in [0.25, 0.3) is 10.8 Å². The molecule has 2 N–H and O–H groups in total. The zero-order chi connectivity index (χ0) is 16.9. The van der Waals surface area contributed by atoms with Gasteiger partial charge in [0.1, 0.15) is 0 Å². The summed E-state index contributed by atoms with van der Waals surface area (Å²) >= 11 is 0. The summed E-state index contributed by atoms with van der Waals surface area (Å²) in [5, 5.41) is 5.08. The van der Waals surface area contributed by atoms with E-state index in [-0.39, 0.29) is 10.9 Å². The highest BCUT2D eigenvalue weighted by atomic mass is 32.2. The minimum absolute atomic E-state index is 0.166. The lowest BCUT2D eigenvalue weighted by atomic mass is 10.1. The van der Waals surface area contributed by atoms with Gasteiger partial charge in [-0.3, -0.25) is 4.98 Å². The van der Waals surface area contributed by atoms with Crippen molar-refractivity contribution in [3.05, 3.63) is 36.7 Å². The zero-order valence-electron chi connectivity index (χ0n) is 13.9. The van der Waals surface area contributed by atoms with Crippen LogP contribution < -0.4 is 10.0 Å². The molecule has 1 atom stereocenters. The van der Waals surface area contributed by atoms with Crippen molar-refractivity contribution in [3.63, 3.8) is 0 Å². The van der Waals surface area contributed by atoms with Crippen LogP contribution in [-0.4, -0.2) is 32.5 Å². The predicted molar refractivity (Wildman–Crippen MR) is 93.9 cm³/mol. The number of nitrogens with one attached hydrogen (secondary N) is 2. The summed E-state index contributed by atoms with van der Waals surface area (Å²) < 4.78 is 27.7. The number of benzene rings is 1. The molecule has 0 saturated heterocycles. The molecule has 23 heavy (non-hydrogen) atoms. The standard InChI is InChI=1S/C17H25N3O2S/c1-13(2)6-8-18-11-14(3)20-23(21,22)17-5-4-16-12-19-9-7-15(16)10-17/h4-5,7,9-10,12-14,18,20H,6,8,11H2,1-3H3. The van der Waals surface area contributed by atoms with Gasteiger partial charge in [-0.15, -0.1) is 0 Å². The molecule has 1 aromatic heterocycles. The van der Waals surface area contributed by atoms with Crippen molar-refractivity contribution in [2.24, 2.45) is 5.92 Å². The van der Waals surface area contributed by atoms with Crippen LogP contribution in [0.5, 0.6) is 0 Å². The molecule has 1 aromatic carbocycles. The van der Waals surface area contributed by atoms with Crippen LogP contribution in [0.4, 0.5) is 0 Å². The van der Waals surface area contributed by atoms with Gasteiger partial charge in [-0.25, -0.2) is 13.1 Å². The number of nitrogens with zero attached hydrogens (tertiary/aromatic N) is 1. The van der Waals surface area contributed by atoms with E-state index in [1.165, 1.54) is 0 Å². The van der Waals surface area contributed by atoms with E-state index in [9.17, 15) is 8.42 Å². The van der Waals surface area contributed by atoms with Gasteiger partial charge in [-0.05, 0) is 49.4 Å². The summed E-state index contributed by atoms with van der Waals surface area (Å²) in [6.07, 6.45) is 4.46. The summed E-state index contributed by atoms with van der Waals surface area (Å²) in [6.45, 7) is 7.72. The Bertz CT molecular complexity index is 744. The fraction of sp³-hybridized carbons (Fsp3) is 0.471. The first-order chi connectivity index (χ1) is 10.9. The zero-order valence-corrected chi connectivity index (χ0v) is 14.7. The van der Waals surface area contributed by atoms with Gasteiger partial charge in [-0.1, -0.05) is 19.9 Å². The summed E-state index contributed by atoms with van der Waals surface area (Å²) in [6, 6.07) is 6.72. The highest BCUT2D eigenvalue weighted by Crippen LogP contribution is 2.18. The summed E-state index contributed by atoms with van der Waals surface area (Å²) in [7, 11) is -3.51. The Kier molecular flexibility index (Phi) is 6.10. The van der Waals surface area contributed by atoms with Crippen LogP contribution in [0.15, 0.2) is 41.6 Å². The Balaban J connectivity index is 1.99. The molecule has 0 spiro atoms. The third-order valence-electron chi connectivity index (χ3n) is 3.63. The van der Waals surface area contributed by atoms with Gasteiger partial charge < -0.3 is 5.32 Å². The maximum Gasteiger partial charge on any atom is 0.240 e. The van der Waals surface area contributed by atoms with Crippen molar-refractivity contribution in [2.75, 3.05) is 13.1 Å². The largest absolute Gasteiger partial charge is 0.315 e. The van der Waals surface area contributed by atoms with E-state index < -0.39 is 10.0 Å². The van der Waals surface area contributed by atoms with Crippen molar-refractivity contribution in [1.29, 1.82) is 0 Å². The summed E-state index contributed by atoms with van der Waals surface area (Å²) in [5.41, 5.74) is 0. The maximum atomic E-state index is 12.5. The number of hydrogen-bond donors (Lipinski definition) is 2. The first-order valence-electron chi connectivity index (χ1n) is 7.95. The lowest BCUT2D eigenvalue weighted by Gasteiger charge is -2.16. The number of rotatable bonds is 8. The predicted octanol–water partition coefficient (Wildman–Crippen LogP) is 2.54.